The molecule has 0 aliphatic carbocycles. The molecule has 0 aliphatic rings. The van der Waals surface area contributed by atoms with Gasteiger partial charge < -0.3 is 0 Å². The van der Waals surface area contributed by atoms with Crippen LogP contribution >= 0.6 is 15.9 Å². The molecule has 1 aromatic carbocycles. The summed E-state index contributed by atoms with van der Waals surface area (Å²) in [4.78, 5) is 4.29. The molecule has 0 atom stereocenters. The Labute approximate surface area is 140 Å². The summed E-state index contributed by atoms with van der Waals surface area (Å²) in [5.41, 5.74) is 2.19. The Morgan fingerprint density at radius 2 is 1.59 bits per heavy atom. The smallest absolute Gasteiger partial charge is 0.242 e. The van der Waals surface area contributed by atoms with Gasteiger partial charge in [0.2, 0.25) is 10.0 Å². The van der Waals surface area contributed by atoms with Gasteiger partial charge in [0.15, 0.2) is 0 Å². The predicted molar refractivity (Wildman–Crippen MR) is 91.7 cm³/mol. The van der Waals surface area contributed by atoms with Crippen LogP contribution in [0, 0.1) is 0 Å². The number of hydrogen-bond donors (Lipinski definition) is 0. The van der Waals surface area contributed by atoms with Crippen molar-refractivity contribution in [2.75, 3.05) is 18.9 Å². The van der Waals surface area contributed by atoms with Crippen LogP contribution in [0.15, 0.2) is 53.7 Å². The van der Waals surface area contributed by atoms with Crippen molar-refractivity contribution in [3.05, 3.63) is 59.9 Å². The van der Waals surface area contributed by atoms with E-state index in [9.17, 15) is 8.42 Å². The molecule has 0 radical (unpaired) electrons. The largest absolute Gasteiger partial charge is 0.265 e. The van der Waals surface area contributed by atoms with E-state index < -0.39 is 10.0 Å². The standard InChI is InChI=1S/C16H19BrN2O2S/c1-19(13-9-15-7-11-18-12-8-15)22(20,21)16-4-2-14(3-5-16)6-10-17/h2-5,7-8,11-12H,6,9-10,13H2,1H3. The SMILES string of the molecule is CN(CCc1ccncc1)S(=O)(=O)c1ccc(CCBr)cc1. The van der Waals surface area contributed by atoms with E-state index in [0.717, 1.165) is 22.9 Å². The lowest BCUT2D eigenvalue weighted by Gasteiger charge is -2.17. The van der Waals surface area contributed by atoms with Crippen LogP contribution in [0.3, 0.4) is 0 Å². The molecule has 1 heterocycles. The number of hydrogen-bond acceptors (Lipinski definition) is 3. The van der Waals surface area contributed by atoms with Gasteiger partial charge in [-0.15, -0.1) is 0 Å². The van der Waals surface area contributed by atoms with Crippen molar-refractivity contribution in [1.29, 1.82) is 0 Å². The zero-order chi connectivity index (χ0) is 16.0. The van der Waals surface area contributed by atoms with Crippen LogP contribution in [0.5, 0.6) is 0 Å². The van der Waals surface area contributed by atoms with Gasteiger partial charge in [0.05, 0.1) is 4.90 Å². The van der Waals surface area contributed by atoms with Gasteiger partial charge in [-0.1, -0.05) is 28.1 Å². The molecule has 0 saturated carbocycles. The minimum Gasteiger partial charge on any atom is -0.265 e. The molecule has 22 heavy (non-hydrogen) atoms. The summed E-state index contributed by atoms with van der Waals surface area (Å²) >= 11 is 3.38. The molecule has 0 fully saturated rings. The average molecular weight is 383 g/mol. The second-order valence-electron chi connectivity index (χ2n) is 5.01. The first-order valence-corrected chi connectivity index (χ1v) is 9.60. The maximum Gasteiger partial charge on any atom is 0.242 e. The van der Waals surface area contributed by atoms with Crippen molar-refractivity contribution in [3.63, 3.8) is 0 Å². The molecule has 0 bridgehead atoms. The monoisotopic (exact) mass is 382 g/mol. The van der Waals surface area contributed by atoms with E-state index >= 15 is 0 Å². The Kier molecular flexibility index (Phi) is 6.11. The summed E-state index contributed by atoms with van der Waals surface area (Å²) in [6, 6.07) is 10.9. The third-order valence-corrected chi connectivity index (χ3v) is 5.75. The molecule has 118 valence electrons. The van der Waals surface area contributed by atoms with Gasteiger partial charge in [-0.25, -0.2) is 12.7 Å². The topological polar surface area (TPSA) is 50.3 Å². The summed E-state index contributed by atoms with van der Waals surface area (Å²) in [7, 11) is -1.82. The number of nitrogens with zero attached hydrogens (tertiary/aromatic N) is 2. The number of likely N-dealkylation sites (N-methyl/N-ethyl adjacent to an activating group) is 1. The molecule has 2 aromatic rings. The first-order valence-electron chi connectivity index (χ1n) is 7.04. The highest BCUT2D eigenvalue weighted by atomic mass is 79.9. The van der Waals surface area contributed by atoms with Crippen LogP contribution in [-0.4, -0.2) is 36.6 Å². The molecule has 0 N–H and O–H groups in total. The van der Waals surface area contributed by atoms with E-state index in [2.05, 4.69) is 20.9 Å². The second-order valence-corrected chi connectivity index (χ2v) is 7.85. The van der Waals surface area contributed by atoms with Crippen LogP contribution in [0.2, 0.25) is 0 Å². The highest BCUT2D eigenvalue weighted by Gasteiger charge is 2.20. The fraction of sp³-hybridized carbons (Fsp3) is 0.312. The number of alkyl halides is 1. The number of sulfonamides is 1. The van der Waals surface area contributed by atoms with Gasteiger partial charge in [-0.3, -0.25) is 4.98 Å². The van der Waals surface area contributed by atoms with Crippen molar-refractivity contribution >= 4 is 26.0 Å². The summed E-state index contributed by atoms with van der Waals surface area (Å²) in [6.45, 7) is 0.440. The Hall–Kier alpha value is -1.24. The van der Waals surface area contributed by atoms with Gasteiger partial charge in [0.25, 0.3) is 0 Å². The highest BCUT2D eigenvalue weighted by molar-refractivity contribution is 9.09. The zero-order valence-electron chi connectivity index (χ0n) is 12.4. The Balaban J connectivity index is 2.05. The first kappa shape index (κ1) is 17.1. The van der Waals surface area contributed by atoms with Crippen LogP contribution in [0.1, 0.15) is 11.1 Å². The number of aromatic nitrogens is 1. The fourth-order valence-corrected chi connectivity index (χ4v) is 3.70. The van der Waals surface area contributed by atoms with Crippen LogP contribution in [-0.2, 0) is 22.9 Å². The summed E-state index contributed by atoms with van der Waals surface area (Å²) in [6.07, 6.45) is 4.98. The van der Waals surface area contributed by atoms with Gasteiger partial charge in [-0.05, 0) is 48.2 Å². The van der Waals surface area contributed by atoms with Crippen molar-refractivity contribution in [3.8, 4) is 0 Å². The van der Waals surface area contributed by atoms with Gasteiger partial charge in [0, 0.05) is 31.3 Å². The van der Waals surface area contributed by atoms with E-state index in [0.29, 0.717) is 17.9 Å². The van der Waals surface area contributed by atoms with Crippen molar-refractivity contribution in [2.24, 2.45) is 0 Å². The van der Waals surface area contributed by atoms with E-state index in [1.165, 1.54) is 4.31 Å². The summed E-state index contributed by atoms with van der Waals surface area (Å²) in [5.74, 6) is 0. The zero-order valence-corrected chi connectivity index (χ0v) is 14.8. The molecule has 1 aromatic heterocycles. The molecule has 4 nitrogen and oxygen atoms in total. The molecule has 0 aliphatic heterocycles. The lowest BCUT2D eigenvalue weighted by atomic mass is 10.2. The lowest BCUT2D eigenvalue weighted by molar-refractivity contribution is 0.472. The lowest BCUT2D eigenvalue weighted by Crippen LogP contribution is -2.29. The molecule has 0 spiro atoms. The summed E-state index contributed by atoms with van der Waals surface area (Å²) < 4.78 is 26.4. The molecule has 6 heteroatoms. The minimum atomic E-state index is -3.43. The van der Waals surface area contributed by atoms with Crippen LogP contribution in [0.25, 0.3) is 0 Å². The third-order valence-electron chi connectivity index (χ3n) is 3.48. The Morgan fingerprint density at radius 1 is 1.00 bits per heavy atom. The molecule has 2 rings (SSSR count). The highest BCUT2D eigenvalue weighted by Crippen LogP contribution is 2.16. The van der Waals surface area contributed by atoms with Crippen LogP contribution in [0.4, 0.5) is 0 Å². The number of rotatable bonds is 7. The first-order chi connectivity index (χ1) is 10.5. The maximum absolute atomic E-state index is 12.5. The Bertz CT molecular complexity index is 688. The van der Waals surface area contributed by atoms with E-state index in [1.807, 2.05) is 24.3 Å². The fourth-order valence-electron chi connectivity index (χ4n) is 2.07. The number of halogens is 1. The molecule has 0 saturated heterocycles. The van der Waals surface area contributed by atoms with Gasteiger partial charge in [-0.2, -0.15) is 0 Å². The third kappa shape index (κ3) is 4.38. The van der Waals surface area contributed by atoms with Gasteiger partial charge in [0.1, 0.15) is 0 Å². The predicted octanol–water partition coefficient (Wildman–Crippen LogP) is 2.88. The van der Waals surface area contributed by atoms with Crippen molar-refractivity contribution < 1.29 is 8.42 Å². The minimum absolute atomic E-state index is 0.336. The Morgan fingerprint density at radius 3 is 2.18 bits per heavy atom. The summed E-state index contributed by atoms with van der Waals surface area (Å²) in [5, 5.41) is 0.866. The van der Waals surface area contributed by atoms with E-state index in [4.69, 9.17) is 0 Å². The average Bonchev–Trinajstić information content (AvgIpc) is 2.54. The van der Waals surface area contributed by atoms with Crippen molar-refractivity contribution in [2.45, 2.75) is 17.7 Å². The molecular formula is C16H19BrN2O2S. The molecule has 0 unspecified atom stereocenters. The number of benzene rings is 1. The van der Waals surface area contributed by atoms with E-state index in [1.54, 1.807) is 31.6 Å². The molecule has 0 amide bonds. The quantitative estimate of drug-likeness (QED) is 0.691. The second kappa shape index (κ2) is 7.85. The van der Waals surface area contributed by atoms with E-state index in [-0.39, 0.29) is 0 Å². The van der Waals surface area contributed by atoms with Crippen molar-refractivity contribution in [1.82, 2.24) is 9.29 Å². The number of pyridine rings is 1. The van der Waals surface area contributed by atoms with Crippen LogP contribution < -0.4 is 0 Å². The van der Waals surface area contributed by atoms with Gasteiger partial charge >= 0.3 is 0 Å². The normalized spacial score (nSPS) is 11.8. The molecular weight excluding hydrogens is 364 g/mol. The maximum atomic E-state index is 12.5. The number of aryl methyl sites for hydroxylation is 1.